The van der Waals surface area contributed by atoms with E-state index in [2.05, 4.69) is 4.98 Å². The Morgan fingerprint density at radius 2 is 2.21 bits per heavy atom. The van der Waals surface area contributed by atoms with E-state index in [0.29, 0.717) is 18.7 Å². The fourth-order valence-electron chi connectivity index (χ4n) is 2.39. The van der Waals surface area contributed by atoms with E-state index < -0.39 is 12.0 Å². The van der Waals surface area contributed by atoms with Crippen LogP contribution in [0.5, 0.6) is 0 Å². The Morgan fingerprint density at radius 1 is 1.47 bits per heavy atom. The fraction of sp³-hybridized carbons (Fsp3) is 0.615. The van der Waals surface area contributed by atoms with E-state index in [9.17, 15) is 14.7 Å². The van der Waals surface area contributed by atoms with Gasteiger partial charge in [0.1, 0.15) is 11.8 Å². The van der Waals surface area contributed by atoms with Gasteiger partial charge in [-0.05, 0) is 19.3 Å². The summed E-state index contributed by atoms with van der Waals surface area (Å²) in [5, 5.41) is 9.20. The molecule has 1 N–H and O–H groups in total. The first kappa shape index (κ1) is 13.6. The molecular formula is C13H18N2O4. The largest absolute Gasteiger partial charge is 0.480 e. The lowest BCUT2D eigenvalue weighted by Gasteiger charge is -2.32. The van der Waals surface area contributed by atoms with Gasteiger partial charge in [-0.15, -0.1) is 0 Å². The lowest BCUT2D eigenvalue weighted by molar-refractivity contribution is -0.143. The van der Waals surface area contributed by atoms with Crippen LogP contribution in [0.1, 0.15) is 55.3 Å². The predicted octanol–water partition coefficient (Wildman–Crippen LogP) is 1.88. The molecule has 6 nitrogen and oxygen atoms in total. The lowest BCUT2D eigenvalue weighted by Crippen LogP contribution is -2.48. The Hall–Kier alpha value is -1.85. The van der Waals surface area contributed by atoms with Crippen molar-refractivity contribution in [3.05, 3.63) is 17.8 Å². The number of likely N-dealkylation sites (tertiary alicyclic amines) is 1. The van der Waals surface area contributed by atoms with Crippen LogP contribution in [0.2, 0.25) is 0 Å². The maximum absolute atomic E-state index is 12.4. The molecule has 19 heavy (non-hydrogen) atoms. The van der Waals surface area contributed by atoms with E-state index >= 15 is 0 Å². The summed E-state index contributed by atoms with van der Waals surface area (Å²) in [6.07, 6.45) is 3.39. The molecule has 1 aliphatic rings. The van der Waals surface area contributed by atoms with Crippen LogP contribution in [0.25, 0.3) is 0 Å². The highest BCUT2D eigenvalue weighted by Gasteiger charge is 2.35. The Bertz CT molecular complexity index is 481. The first-order valence-corrected chi connectivity index (χ1v) is 6.49. The molecule has 1 amide bonds. The van der Waals surface area contributed by atoms with Crippen LogP contribution in [-0.4, -0.2) is 39.5 Å². The molecule has 1 saturated heterocycles. The number of amides is 1. The zero-order valence-electron chi connectivity index (χ0n) is 11.1. The number of aromatic nitrogens is 1. The van der Waals surface area contributed by atoms with Crippen molar-refractivity contribution >= 4 is 11.9 Å². The van der Waals surface area contributed by atoms with Gasteiger partial charge in [-0.25, -0.2) is 9.78 Å². The molecule has 0 aliphatic carbocycles. The van der Waals surface area contributed by atoms with Crippen LogP contribution in [0.4, 0.5) is 0 Å². The molecule has 0 saturated carbocycles. The third-order valence-electron chi connectivity index (χ3n) is 3.37. The van der Waals surface area contributed by atoms with Gasteiger partial charge in [0.05, 0.1) is 0 Å². The summed E-state index contributed by atoms with van der Waals surface area (Å²) < 4.78 is 5.23. The molecule has 1 atom stereocenters. The van der Waals surface area contributed by atoms with Crippen molar-refractivity contribution in [3.8, 4) is 0 Å². The summed E-state index contributed by atoms with van der Waals surface area (Å²) >= 11 is 0. The molecule has 1 aromatic heterocycles. The van der Waals surface area contributed by atoms with Crippen LogP contribution < -0.4 is 0 Å². The van der Waals surface area contributed by atoms with Gasteiger partial charge < -0.3 is 14.4 Å². The Morgan fingerprint density at radius 3 is 2.84 bits per heavy atom. The molecular weight excluding hydrogens is 248 g/mol. The Balaban J connectivity index is 2.26. The molecule has 0 bridgehead atoms. The van der Waals surface area contributed by atoms with Crippen molar-refractivity contribution in [2.24, 2.45) is 0 Å². The zero-order valence-corrected chi connectivity index (χ0v) is 11.1. The topological polar surface area (TPSA) is 83.6 Å². The van der Waals surface area contributed by atoms with Gasteiger partial charge in [0.25, 0.3) is 5.91 Å². The molecule has 1 aromatic rings. The van der Waals surface area contributed by atoms with Gasteiger partial charge in [-0.1, -0.05) is 13.8 Å². The maximum Gasteiger partial charge on any atom is 0.326 e. The van der Waals surface area contributed by atoms with Crippen molar-refractivity contribution in [2.75, 3.05) is 6.54 Å². The predicted molar refractivity (Wildman–Crippen MR) is 66.9 cm³/mol. The summed E-state index contributed by atoms with van der Waals surface area (Å²) in [4.78, 5) is 29.0. The normalized spacial score (nSPS) is 19.7. The molecule has 2 heterocycles. The smallest absolute Gasteiger partial charge is 0.326 e. The number of rotatable bonds is 3. The number of hydrogen-bond donors (Lipinski definition) is 1. The summed E-state index contributed by atoms with van der Waals surface area (Å²) in [5.74, 6) is -0.749. The van der Waals surface area contributed by atoms with E-state index in [1.54, 1.807) is 0 Å². The summed E-state index contributed by atoms with van der Waals surface area (Å²) in [6, 6.07) is -0.752. The highest BCUT2D eigenvalue weighted by Crippen LogP contribution is 2.24. The molecule has 0 unspecified atom stereocenters. The van der Waals surface area contributed by atoms with E-state index in [1.165, 1.54) is 11.3 Å². The third-order valence-corrected chi connectivity index (χ3v) is 3.37. The van der Waals surface area contributed by atoms with Crippen molar-refractivity contribution in [3.63, 3.8) is 0 Å². The molecule has 0 aromatic carbocycles. The van der Waals surface area contributed by atoms with E-state index in [1.807, 2.05) is 13.8 Å². The van der Waals surface area contributed by atoms with Gasteiger partial charge in [0, 0.05) is 12.5 Å². The fourth-order valence-corrected chi connectivity index (χ4v) is 2.39. The molecule has 1 fully saturated rings. The van der Waals surface area contributed by atoms with E-state index in [0.717, 1.165) is 12.8 Å². The Labute approximate surface area is 111 Å². The average Bonchev–Trinajstić information content (AvgIpc) is 2.87. The number of nitrogens with zero attached hydrogens (tertiary/aromatic N) is 2. The minimum absolute atomic E-state index is 0.0366. The van der Waals surface area contributed by atoms with Crippen LogP contribution in [0, 0.1) is 0 Å². The monoisotopic (exact) mass is 266 g/mol. The maximum atomic E-state index is 12.4. The van der Waals surface area contributed by atoms with Crippen LogP contribution >= 0.6 is 0 Å². The third kappa shape index (κ3) is 2.62. The average molecular weight is 266 g/mol. The zero-order chi connectivity index (χ0) is 14.0. The minimum Gasteiger partial charge on any atom is -0.480 e. The van der Waals surface area contributed by atoms with Gasteiger partial charge >= 0.3 is 5.97 Å². The van der Waals surface area contributed by atoms with Crippen LogP contribution in [0.15, 0.2) is 10.8 Å². The number of carboxylic acids is 1. The molecule has 6 heteroatoms. The second-order valence-corrected chi connectivity index (χ2v) is 5.07. The number of aliphatic carboxylic acids is 1. The number of carbonyl (C=O) groups is 2. The number of oxazole rings is 1. The quantitative estimate of drug-likeness (QED) is 0.903. The van der Waals surface area contributed by atoms with Gasteiger partial charge in [0.15, 0.2) is 12.1 Å². The van der Waals surface area contributed by atoms with Crippen LogP contribution in [0.3, 0.4) is 0 Å². The summed E-state index contributed by atoms with van der Waals surface area (Å²) in [7, 11) is 0. The van der Waals surface area contributed by atoms with Crippen molar-refractivity contribution in [2.45, 2.75) is 45.1 Å². The first-order chi connectivity index (χ1) is 9.02. The van der Waals surface area contributed by atoms with Gasteiger partial charge in [-0.2, -0.15) is 0 Å². The molecule has 0 radical (unpaired) electrons. The number of piperidine rings is 1. The molecule has 0 spiro atoms. The number of hydrogen-bond acceptors (Lipinski definition) is 4. The standard InChI is InChI=1S/C13H18N2O4/c1-8(2)11-10(14-7-19-11)12(16)15-6-4-3-5-9(15)13(17)18/h7-9H,3-6H2,1-2H3,(H,17,18)/t9-/m0/s1. The van der Waals surface area contributed by atoms with Gasteiger partial charge in [-0.3, -0.25) is 4.79 Å². The highest BCUT2D eigenvalue weighted by atomic mass is 16.4. The SMILES string of the molecule is CC(C)c1ocnc1C(=O)N1CCCC[C@H]1C(=O)O. The number of carboxylic acid groups (broad SMARTS) is 1. The summed E-state index contributed by atoms with van der Waals surface area (Å²) in [5.41, 5.74) is 0.239. The van der Waals surface area contributed by atoms with Crippen LogP contribution in [-0.2, 0) is 4.79 Å². The van der Waals surface area contributed by atoms with E-state index in [-0.39, 0.29) is 17.5 Å². The molecule has 2 rings (SSSR count). The van der Waals surface area contributed by atoms with Crippen molar-refractivity contribution in [1.29, 1.82) is 0 Å². The first-order valence-electron chi connectivity index (χ1n) is 6.49. The minimum atomic E-state index is -0.956. The lowest BCUT2D eigenvalue weighted by atomic mass is 10.0. The molecule has 1 aliphatic heterocycles. The van der Waals surface area contributed by atoms with Gasteiger partial charge in [0.2, 0.25) is 0 Å². The van der Waals surface area contributed by atoms with Crippen molar-refractivity contribution < 1.29 is 19.1 Å². The summed E-state index contributed by atoms with van der Waals surface area (Å²) in [6.45, 7) is 4.27. The second kappa shape index (κ2) is 5.42. The second-order valence-electron chi connectivity index (χ2n) is 5.07. The van der Waals surface area contributed by atoms with Crippen molar-refractivity contribution in [1.82, 2.24) is 9.88 Å². The highest BCUT2D eigenvalue weighted by molar-refractivity contribution is 5.96. The van der Waals surface area contributed by atoms with E-state index in [4.69, 9.17) is 4.42 Å². The Kier molecular flexibility index (Phi) is 3.87. The number of carbonyl (C=O) groups excluding carboxylic acids is 1. The molecule has 104 valence electrons.